The third-order valence-electron chi connectivity index (χ3n) is 3.46. The van der Waals surface area contributed by atoms with Crippen LogP contribution in [0.1, 0.15) is 12.8 Å². The highest BCUT2D eigenvalue weighted by Crippen LogP contribution is 2.21. The average molecular weight is 337 g/mol. The molecule has 0 spiro atoms. The second-order valence-corrected chi connectivity index (χ2v) is 6.64. The summed E-state index contributed by atoms with van der Waals surface area (Å²) in [4.78, 5) is 34.0. The van der Waals surface area contributed by atoms with Crippen molar-refractivity contribution in [1.82, 2.24) is 14.9 Å². The van der Waals surface area contributed by atoms with Crippen LogP contribution in [-0.2, 0) is 4.79 Å². The number of nitrogens with one attached hydrogen (secondary N) is 2. The standard InChI is InChI=1S/C13H15N5O2S2/c19-10(16-11-14-3-7-21-11)9-1-5-18(6-2-9)13(20)17-12-15-4-8-22-12/h3-4,7-9H,1-2,5-6H2,(H,14,16,19)(H,15,17,20). The van der Waals surface area contributed by atoms with Crippen LogP contribution in [0.4, 0.5) is 15.1 Å². The predicted molar refractivity (Wildman–Crippen MR) is 86.2 cm³/mol. The second kappa shape index (κ2) is 6.84. The maximum Gasteiger partial charge on any atom is 0.323 e. The van der Waals surface area contributed by atoms with Crippen molar-refractivity contribution in [3.63, 3.8) is 0 Å². The minimum atomic E-state index is -0.159. The predicted octanol–water partition coefficient (Wildman–Crippen LogP) is 2.48. The number of aromatic nitrogens is 2. The number of thiazole rings is 2. The lowest BCUT2D eigenvalue weighted by Gasteiger charge is -2.30. The minimum Gasteiger partial charge on any atom is -0.324 e. The van der Waals surface area contributed by atoms with Crippen molar-refractivity contribution in [2.75, 3.05) is 23.7 Å². The van der Waals surface area contributed by atoms with Crippen LogP contribution in [0.15, 0.2) is 23.2 Å². The van der Waals surface area contributed by atoms with Gasteiger partial charge in [-0.25, -0.2) is 14.8 Å². The molecule has 3 heterocycles. The SMILES string of the molecule is O=C(Nc1nccs1)C1CCN(C(=O)Nc2nccs2)CC1. The number of likely N-dealkylation sites (tertiary alicyclic amines) is 1. The first-order valence-electron chi connectivity index (χ1n) is 6.88. The molecule has 7 nitrogen and oxygen atoms in total. The summed E-state index contributed by atoms with van der Waals surface area (Å²) < 4.78 is 0. The van der Waals surface area contributed by atoms with Crippen molar-refractivity contribution >= 4 is 44.9 Å². The fourth-order valence-electron chi connectivity index (χ4n) is 2.29. The molecule has 0 aromatic carbocycles. The van der Waals surface area contributed by atoms with Crippen LogP contribution in [-0.4, -0.2) is 39.9 Å². The van der Waals surface area contributed by atoms with Crippen LogP contribution >= 0.6 is 22.7 Å². The fourth-order valence-corrected chi connectivity index (χ4v) is 3.34. The van der Waals surface area contributed by atoms with Gasteiger partial charge in [0.25, 0.3) is 0 Å². The molecule has 2 N–H and O–H groups in total. The van der Waals surface area contributed by atoms with Crippen LogP contribution in [0.25, 0.3) is 0 Å². The van der Waals surface area contributed by atoms with Crippen molar-refractivity contribution in [2.45, 2.75) is 12.8 Å². The number of carbonyl (C=O) groups excluding carboxylic acids is 2. The molecule has 1 aliphatic heterocycles. The molecule has 9 heteroatoms. The van der Waals surface area contributed by atoms with Gasteiger partial charge in [-0.2, -0.15) is 0 Å². The van der Waals surface area contributed by atoms with E-state index in [1.807, 2.05) is 10.8 Å². The Bertz CT molecular complexity index is 565. The summed E-state index contributed by atoms with van der Waals surface area (Å²) >= 11 is 2.78. The van der Waals surface area contributed by atoms with Gasteiger partial charge in [-0.1, -0.05) is 0 Å². The molecular weight excluding hydrogens is 322 g/mol. The van der Waals surface area contributed by atoms with E-state index < -0.39 is 0 Å². The van der Waals surface area contributed by atoms with E-state index >= 15 is 0 Å². The van der Waals surface area contributed by atoms with Gasteiger partial charge >= 0.3 is 6.03 Å². The number of rotatable bonds is 3. The van der Waals surface area contributed by atoms with Gasteiger partial charge in [-0.3, -0.25) is 10.1 Å². The quantitative estimate of drug-likeness (QED) is 0.901. The summed E-state index contributed by atoms with van der Waals surface area (Å²) in [6, 6.07) is -0.159. The summed E-state index contributed by atoms with van der Waals surface area (Å²) in [5.74, 6) is -0.0947. The minimum absolute atomic E-state index is 0.0186. The lowest BCUT2D eigenvalue weighted by Crippen LogP contribution is -2.43. The largest absolute Gasteiger partial charge is 0.324 e. The molecule has 0 atom stereocenters. The first kappa shape index (κ1) is 14.9. The summed E-state index contributed by atoms with van der Waals surface area (Å²) in [7, 11) is 0. The number of carbonyl (C=O) groups is 2. The number of nitrogens with zero attached hydrogens (tertiary/aromatic N) is 3. The van der Waals surface area contributed by atoms with Crippen molar-refractivity contribution in [1.29, 1.82) is 0 Å². The molecule has 0 saturated carbocycles. The van der Waals surface area contributed by atoms with E-state index in [0.717, 1.165) is 0 Å². The Balaban J connectivity index is 1.47. The smallest absolute Gasteiger partial charge is 0.323 e. The van der Waals surface area contributed by atoms with Gasteiger partial charge in [-0.05, 0) is 12.8 Å². The molecule has 1 aliphatic rings. The number of hydrogen-bond donors (Lipinski definition) is 2. The zero-order chi connectivity index (χ0) is 15.4. The molecule has 1 saturated heterocycles. The summed E-state index contributed by atoms with van der Waals surface area (Å²) in [5.41, 5.74) is 0. The van der Waals surface area contributed by atoms with Gasteiger partial charge in [0.15, 0.2) is 10.3 Å². The van der Waals surface area contributed by atoms with Crippen molar-refractivity contribution in [3.8, 4) is 0 Å². The number of amides is 3. The molecule has 3 rings (SSSR count). The van der Waals surface area contributed by atoms with Crippen LogP contribution in [0.2, 0.25) is 0 Å². The van der Waals surface area contributed by atoms with E-state index in [2.05, 4.69) is 20.6 Å². The fraction of sp³-hybridized carbons (Fsp3) is 0.385. The highest BCUT2D eigenvalue weighted by molar-refractivity contribution is 7.14. The molecule has 22 heavy (non-hydrogen) atoms. The van der Waals surface area contributed by atoms with Crippen molar-refractivity contribution in [3.05, 3.63) is 23.2 Å². The molecule has 3 amide bonds. The number of piperidine rings is 1. The first-order chi connectivity index (χ1) is 10.7. The van der Waals surface area contributed by atoms with Gasteiger partial charge in [0, 0.05) is 42.2 Å². The summed E-state index contributed by atoms with van der Waals surface area (Å²) in [5, 5.41) is 10.4. The van der Waals surface area contributed by atoms with Gasteiger partial charge in [0.1, 0.15) is 0 Å². The van der Waals surface area contributed by atoms with Crippen molar-refractivity contribution < 1.29 is 9.59 Å². The van der Waals surface area contributed by atoms with E-state index in [1.165, 1.54) is 22.7 Å². The van der Waals surface area contributed by atoms with E-state index in [1.54, 1.807) is 17.3 Å². The Kier molecular flexibility index (Phi) is 4.64. The maximum absolute atomic E-state index is 12.1. The topological polar surface area (TPSA) is 87.2 Å². The van der Waals surface area contributed by atoms with Gasteiger partial charge < -0.3 is 10.2 Å². The molecule has 0 radical (unpaired) electrons. The van der Waals surface area contributed by atoms with Gasteiger partial charge in [0.05, 0.1) is 0 Å². The monoisotopic (exact) mass is 337 g/mol. The van der Waals surface area contributed by atoms with Crippen LogP contribution in [0, 0.1) is 5.92 Å². The van der Waals surface area contributed by atoms with Crippen LogP contribution < -0.4 is 10.6 Å². The Morgan fingerprint density at radius 3 is 2.18 bits per heavy atom. The molecular formula is C13H15N5O2S2. The normalized spacial score (nSPS) is 15.5. The molecule has 116 valence electrons. The Hall–Kier alpha value is -2.00. The van der Waals surface area contributed by atoms with Crippen LogP contribution in [0.3, 0.4) is 0 Å². The third-order valence-corrected chi connectivity index (χ3v) is 4.84. The molecule has 2 aromatic rings. The molecule has 1 fully saturated rings. The zero-order valence-corrected chi connectivity index (χ0v) is 13.3. The highest BCUT2D eigenvalue weighted by Gasteiger charge is 2.27. The highest BCUT2D eigenvalue weighted by atomic mass is 32.1. The van der Waals surface area contributed by atoms with E-state index in [0.29, 0.717) is 36.2 Å². The van der Waals surface area contributed by atoms with E-state index in [-0.39, 0.29) is 17.9 Å². The zero-order valence-electron chi connectivity index (χ0n) is 11.7. The number of hydrogen-bond acceptors (Lipinski definition) is 6. The second-order valence-electron chi connectivity index (χ2n) is 4.86. The Morgan fingerprint density at radius 2 is 1.64 bits per heavy atom. The number of urea groups is 1. The lowest BCUT2D eigenvalue weighted by atomic mass is 9.96. The molecule has 0 unspecified atom stereocenters. The van der Waals surface area contributed by atoms with E-state index in [9.17, 15) is 9.59 Å². The first-order valence-corrected chi connectivity index (χ1v) is 8.64. The Labute approximate surface area is 135 Å². The van der Waals surface area contributed by atoms with Gasteiger partial charge in [-0.15, -0.1) is 22.7 Å². The maximum atomic E-state index is 12.1. The lowest BCUT2D eigenvalue weighted by molar-refractivity contribution is -0.121. The molecule has 0 aliphatic carbocycles. The average Bonchev–Trinajstić information content (AvgIpc) is 3.21. The Morgan fingerprint density at radius 1 is 1.05 bits per heavy atom. The molecule has 0 bridgehead atoms. The van der Waals surface area contributed by atoms with Gasteiger partial charge in [0.2, 0.25) is 5.91 Å². The van der Waals surface area contributed by atoms with Crippen molar-refractivity contribution in [2.24, 2.45) is 5.92 Å². The van der Waals surface area contributed by atoms with E-state index in [4.69, 9.17) is 0 Å². The van der Waals surface area contributed by atoms with Crippen LogP contribution in [0.5, 0.6) is 0 Å². The summed E-state index contributed by atoms with van der Waals surface area (Å²) in [6.45, 7) is 1.13. The molecule has 2 aromatic heterocycles. The third kappa shape index (κ3) is 3.60. The number of anilines is 2. The summed E-state index contributed by atoms with van der Waals surface area (Å²) in [6.07, 6.45) is 4.62.